The quantitative estimate of drug-likeness (QED) is 0.431. The Hall–Kier alpha value is -0.0481. The van der Waals surface area contributed by atoms with Crippen LogP contribution >= 0.6 is 0 Å². The third-order valence-electron chi connectivity index (χ3n) is 1.95. The van der Waals surface area contributed by atoms with E-state index in [-0.39, 0.29) is 43.1 Å². The number of carbonyl (C=O) groups excluding carboxylic acids is 1. The summed E-state index contributed by atoms with van der Waals surface area (Å²) in [7, 11) is 3.23. The minimum absolute atomic E-state index is 0. The van der Waals surface area contributed by atoms with Gasteiger partial charge in [0.1, 0.15) is 12.3 Å². The molecule has 0 rings (SSSR count). The standard InChI is InChI=1S/C11H18F2NO2.C2H5.U/c1-4-5-9(12)10(13)11(16)8(7-15)6-14(2)3;1-2;/h6-7,9-10,15H,4-5H2,1-3H3;1H2,2H3;/q2*-1;+3/b8-6+;;. The van der Waals surface area contributed by atoms with Crippen LogP contribution < -0.4 is 0 Å². The molecular weight excluding hydrogens is 478 g/mol. The molecule has 0 aromatic heterocycles. The Kier molecular flexibility index (Phi) is 18.1. The number of hydrogen-bond donors (Lipinski definition) is 1. The fourth-order valence-electron chi connectivity index (χ4n) is 1.18. The number of carbonyl (C=O) groups is 1. The van der Waals surface area contributed by atoms with E-state index in [9.17, 15) is 13.6 Å². The van der Waals surface area contributed by atoms with E-state index in [1.807, 2.05) is 0 Å². The van der Waals surface area contributed by atoms with E-state index in [1.54, 1.807) is 27.9 Å². The number of nitrogens with zero attached hydrogens (tertiary/aromatic N) is 1. The summed E-state index contributed by atoms with van der Waals surface area (Å²) in [4.78, 5) is 12.9. The van der Waals surface area contributed by atoms with Crippen molar-refractivity contribution in [3.05, 3.63) is 25.3 Å². The van der Waals surface area contributed by atoms with Crippen LogP contribution in [0.2, 0.25) is 0 Å². The van der Waals surface area contributed by atoms with Crippen LogP contribution in [0.5, 0.6) is 0 Å². The number of rotatable bonds is 7. The van der Waals surface area contributed by atoms with Crippen LogP contribution in [0.15, 0.2) is 11.8 Å². The maximum absolute atomic E-state index is 13.3. The number of ketones is 1. The molecule has 1 N–H and O–H groups in total. The van der Waals surface area contributed by atoms with Crippen LogP contribution in [0.1, 0.15) is 26.7 Å². The first-order chi connectivity index (χ1) is 8.43. The van der Waals surface area contributed by atoms with E-state index in [2.05, 4.69) is 6.92 Å². The number of aliphatic hydroxyl groups excluding tert-OH is 1. The summed E-state index contributed by atoms with van der Waals surface area (Å²) in [6, 6.07) is 0. The molecule has 1 radical (unpaired) electrons. The third kappa shape index (κ3) is 10.4. The maximum Gasteiger partial charge on any atom is 3.00 e. The van der Waals surface area contributed by atoms with E-state index in [1.165, 1.54) is 11.1 Å². The molecule has 6 heteroatoms. The molecular formula is C13H23F2NO2U+. The number of hydrogen-bond acceptors (Lipinski definition) is 3. The molecule has 0 spiro atoms. The Morgan fingerprint density at radius 1 is 1.42 bits per heavy atom. The molecule has 0 aromatic rings. The maximum atomic E-state index is 13.3. The van der Waals surface area contributed by atoms with Gasteiger partial charge in [0, 0.05) is 0 Å². The average Bonchev–Trinajstić information content (AvgIpc) is 2.36. The van der Waals surface area contributed by atoms with Crippen molar-refractivity contribution in [3.63, 3.8) is 0 Å². The summed E-state index contributed by atoms with van der Waals surface area (Å²) < 4.78 is 26.5. The van der Waals surface area contributed by atoms with E-state index in [0.29, 0.717) is 13.0 Å². The molecule has 0 aliphatic rings. The van der Waals surface area contributed by atoms with Gasteiger partial charge in [0.15, 0.2) is 0 Å². The summed E-state index contributed by atoms with van der Waals surface area (Å²) >= 11 is 0. The van der Waals surface area contributed by atoms with Crippen LogP contribution in [0.3, 0.4) is 0 Å². The van der Waals surface area contributed by atoms with Gasteiger partial charge in [0.2, 0.25) is 0 Å². The Morgan fingerprint density at radius 2 is 1.89 bits per heavy atom. The van der Waals surface area contributed by atoms with Crippen LogP contribution in [0, 0.1) is 44.6 Å². The molecule has 0 aromatic carbocycles. The first-order valence-corrected chi connectivity index (χ1v) is 5.82. The van der Waals surface area contributed by atoms with Gasteiger partial charge in [-0.15, -0.1) is 5.57 Å². The molecule has 2 unspecified atom stereocenters. The fraction of sp³-hybridized carbons (Fsp3) is 0.615. The first-order valence-electron chi connectivity index (χ1n) is 5.82. The van der Waals surface area contributed by atoms with Gasteiger partial charge in [-0.1, -0.05) is 26.2 Å². The molecule has 0 amide bonds. The van der Waals surface area contributed by atoms with Gasteiger partial charge in [-0.25, -0.2) is 8.78 Å². The van der Waals surface area contributed by atoms with Gasteiger partial charge in [0.05, 0.1) is 5.78 Å². The smallest absolute Gasteiger partial charge is 0.434 e. The Bertz CT molecular complexity index is 261. The molecule has 2 atom stereocenters. The first kappa shape index (κ1) is 24.0. The van der Waals surface area contributed by atoms with E-state index in [0.717, 1.165) is 0 Å². The molecule has 0 aliphatic carbocycles. The molecule has 0 heterocycles. The van der Waals surface area contributed by atoms with E-state index in [4.69, 9.17) is 5.11 Å². The zero-order valence-corrected chi connectivity index (χ0v) is 16.2. The Morgan fingerprint density at radius 3 is 2.21 bits per heavy atom. The van der Waals surface area contributed by atoms with Gasteiger partial charge in [-0.3, -0.25) is 0 Å². The largest absolute Gasteiger partial charge is 3.00 e. The van der Waals surface area contributed by atoms with Crippen LogP contribution in [-0.2, 0) is 4.79 Å². The van der Waals surface area contributed by atoms with Gasteiger partial charge in [0.25, 0.3) is 0 Å². The predicted molar refractivity (Wildman–Crippen MR) is 68.7 cm³/mol. The van der Waals surface area contributed by atoms with Crippen LogP contribution in [-0.4, -0.2) is 42.2 Å². The van der Waals surface area contributed by atoms with Crippen molar-refractivity contribution in [2.24, 2.45) is 0 Å². The van der Waals surface area contributed by atoms with Crippen molar-refractivity contribution in [2.75, 3.05) is 14.1 Å². The fourth-order valence-corrected chi connectivity index (χ4v) is 1.18. The van der Waals surface area contributed by atoms with Crippen LogP contribution in [0.25, 0.3) is 0 Å². The van der Waals surface area contributed by atoms with Gasteiger partial charge < -0.3 is 21.7 Å². The molecule has 0 fully saturated rings. The van der Waals surface area contributed by atoms with E-state index >= 15 is 0 Å². The second kappa shape index (κ2) is 14.4. The molecule has 0 saturated heterocycles. The summed E-state index contributed by atoms with van der Waals surface area (Å²) in [6.07, 6.45) is -2.33. The third-order valence-corrected chi connectivity index (χ3v) is 1.95. The predicted octanol–water partition coefficient (Wildman–Crippen LogP) is 2.85. The van der Waals surface area contributed by atoms with Gasteiger partial charge >= 0.3 is 31.1 Å². The van der Waals surface area contributed by atoms with Crippen molar-refractivity contribution in [2.45, 2.75) is 39.0 Å². The van der Waals surface area contributed by atoms with Crippen molar-refractivity contribution in [1.29, 1.82) is 0 Å². The summed E-state index contributed by atoms with van der Waals surface area (Å²) in [5, 5.41) is 8.78. The van der Waals surface area contributed by atoms with Crippen molar-refractivity contribution in [1.82, 2.24) is 4.90 Å². The van der Waals surface area contributed by atoms with Crippen LogP contribution in [0.4, 0.5) is 8.78 Å². The number of halogens is 2. The zero-order chi connectivity index (χ0) is 14.7. The van der Waals surface area contributed by atoms with Crippen molar-refractivity contribution < 1.29 is 49.8 Å². The minimum Gasteiger partial charge on any atom is -0.434 e. The molecule has 3 nitrogen and oxygen atoms in total. The average molecular weight is 501 g/mol. The van der Waals surface area contributed by atoms with Crippen molar-refractivity contribution in [3.8, 4) is 0 Å². The summed E-state index contributed by atoms with van der Waals surface area (Å²) in [6.45, 7) is 7.20. The molecule has 19 heavy (non-hydrogen) atoms. The Labute approximate surface area is 138 Å². The number of Topliss-reactive ketones (excluding diaryl/α,β-unsaturated/α-hetero) is 1. The van der Waals surface area contributed by atoms with Gasteiger partial charge in [-0.2, -0.15) is 6.92 Å². The SMILES string of the molecule is CCCC(F)C(F)C(=O)/C(=C/N(C)C)[CH-]O.[CH2-]C.[U+3]. The monoisotopic (exact) mass is 501 g/mol. The van der Waals surface area contributed by atoms with Crippen molar-refractivity contribution >= 4 is 5.78 Å². The molecule has 0 aliphatic heterocycles. The molecule has 0 saturated carbocycles. The second-order valence-corrected chi connectivity index (χ2v) is 3.75. The normalized spacial score (nSPS) is 13.4. The topological polar surface area (TPSA) is 40.5 Å². The second-order valence-electron chi connectivity index (χ2n) is 3.75. The molecule has 0 bridgehead atoms. The molecule has 109 valence electrons. The zero-order valence-electron chi connectivity index (χ0n) is 12.0. The number of aliphatic hydroxyl groups is 1. The van der Waals surface area contributed by atoms with E-state index < -0.39 is 18.1 Å². The number of alkyl halides is 2. The van der Waals surface area contributed by atoms with Gasteiger partial charge in [-0.05, 0) is 20.5 Å². The minimum atomic E-state index is -2.21. The Balaban J connectivity index is -0.000000809. The summed E-state index contributed by atoms with van der Waals surface area (Å²) in [5.41, 5.74) is -0.240. The summed E-state index contributed by atoms with van der Waals surface area (Å²) in [5.74, 6) is -1.03.